The molecule has 0 atom stereocenters. The first-order valence-corrected chi connectivity index (χ1v) is 6.56. The number of anilines is 1. The van der Waals surface area contributed by atoms with Gasteiger partial charge in [0.1, 0.15) is 11.4 Å². The lowest BCUT2D eigenvalue weighted by molar-refractivity contribution is 0.685. The smallest absolute Gasteiger partial charge is 0.224 e. The molecule has 3 aromatic rings. The van der Waals surface area contributed by atoms with E-state index in [1.54, 1.807) is 11.7 Å². The predicted molar refractivity (Wildman–Crippen MR) is 74.2 cm³/mol. The molecular formula is C12H12N6S. The number of rotatable bonds is 3. The van der Waals surface area contributed by atoms with Gasteiger partial charge in [-0.25, -0.2) is 19.6 Å². The van der Waals surface area contributed by atoms with Gasteiger partial charge in [-0.1, -0.05) is 18.2 Å². The van der Waals surface area contributed by atoms with E-state index >= 15 is 0 Å². The number of para-hydroxylation sites is 1. The molecule has 2 aromatic heterocycles. The van der Waals surface area contributed by atoms with Crippen LogP contribution in [0.4, 0.5) is 5.95 Å². The molecule has 1 aromatic carbocycles. The fourth-order valence-corrected chi connectivity index (χ4v) is 2.57. The molecule has 0 aliphatic carbocycles. The second kappa shape index (κ2) is 4.85. The van der Waals surface area contributed by atoms with Crippen LogP contribution in [-0.2, 0) is 7.05 Å². The lowest BCUT2D eigenvalue weighted by atomic mass is 10.2. The summed E-state index contributed by atoms with van der Waals surface area (Å²) < 4.78 is 1.72. The van der Waals surface area contributed by atoms with Gasteiger partial charge in [-0.05, 0) is 17.8 Å². The van der Waals surface area contributed by atoms with Crippen LogP contribution in [0.15, 0.2) is 40.8 Å². The minimum Gasteiger partial charge on any atom is -0.357 e. The molecule has 96 valence electrons. The first kappa shape index (κ1) is 11.9. The van der Waals surface area contributed by atoms with Crippen molar-refractivity contribution in [2.45, 2.75) is 10.2 Å². The van der Waals surface area contributed by atoms with Crippen LogP contribution in [0.25, 0.3) is 10.9 Å². The van der Waals surface area contributed by atoms with Crippen LogP contribution in [0.2, 0.25) is 0 Å². The molecule has 0 bridgehead atoms. The van der Waals surface area contributed by atoms with Crippen molar-refractivity contribution < 1.29 is 0 Å². The summed E-state index contributed by atoms with van der Waals surface area (Å²) in [7, 11) is 3.67. The molecule has 0 aliphatic rings. The van der Waals surface area contributed by atoms with Crippen LogP contribution in [0.5, 0.6) is 0 Å². The van der Waals surface area contributed by atoms with E-state index in [9.17, 15) is 0 Å². The zero-order valence-corrected chi connectivity index (χ0v) is 11.3. The lowest BCUT2D eigenvalue weighted by Crippen LogP contribution is -1.99. The summed E-state index contributed by atoms with van der Waals surface area (Å²) >= 11 is 1.48. The third-order valence-corrected chi connectivity index (χ3v) is 3.71. The fraction of sp³-hybridized carbons (Fsp3) is 0.167. The van der Waals surface area contributed by atoms with Crippen LogP contribution in [-0.4, -0.2) is 31.8 Å². The third-order valence-electron chi connectivity index (χ3n) is 2.65. The molecule has 7 heteroatoms. The van der Waals surface area contributed by atoms with Gasteiger partial charge in [0.2, 0.25) is 5.95 Å². The number of hydrogen-bond donors (Lipinski definition) is 1. The van der Waals surface area contributed by atoms with Crippen LogP contribution < -0.4 is 5.32 Å². The highest BCUT2D eigenvalue weighted by atomic mass is 32.2. The van der Waals surface area contributed by atoms with E-state index in [0.29, 0.717) is 5.95 Å². The van der Waals surface area contributed by atoms with Gasteiger partial charge in [0.05, 0.1) is 5.52 Å². The minimum atomic E-state index is 0.600. The van der Waals surface area contributed by atoms with Gasteiger partial charge in [0.25, 0.3) is 0 Å². The summed E-state index contributed by atoms with van der Waals surface area (Å²) in [5.74, 6) is 0.600. The molecule has 19 heavy (non-hydrogen) atoms. The molecule has 0 saturated carbocycles. The Bertz CT molecular complexity index is 723. The molecule has 3 rings (SSSR count). The normalized spacial score (nSPS) is 10.8. The Balaban J connectivity index is 2.13. The first-order valence-electron chi connectivity index (χ1n) is 5.74. The number of hydrogen-bond acceptors (Lipinski definition) is 6. The van der Waals surface area contributed by atoms with Crippen molar-refractivity contribution in [3.05, 3.63) is 30.6 Å². The molecular weight excluding hydrogens is 260 g/mol. The van der Waals surface area contributed by atoms with Gasteiger partial charge < -0.3 is 5.32 Å². The van der Waals surface area contributed by atoms with E-state index in [0.717, 1.165) is 21.1 Å². The maximum absolute atomic E-state index is 4.49. The van der Waals surface area contributed by atoms with Gasteiger partial charge in [-0.15, -0.1) is 0 Å². The molecule has 0 spiro atoms. The van der Waals surface area contributed by atoms with Gasteiger partial charge in [-0.2, -0.15) is 5.10 Å². The highest BCUT2D eigenvalue weighted by molar-refractivity contribution is 7.99. The largest absolute Gasteiger partial charge is 0.357 e. The number of nitrogens with zero attached hydrogens (tertiary/aromatic N) is 5. The Morgan fingerprint density at radius 2 is 2.05 bits per heavy atom. The SMILES string of the molecule is CNc1nc(Sc2ncnn2C)c2ccccc2n1. The maximum atomic E-state index is 4.49. The van der Waals surface area contributed by atoms with E-state index in [2.05, 4.69) is 25.4 Å². The predicted octanol–water partition coefficient (Wildman–Crippen LogP) is 1.95. The van der Waals surface area contributed by atoms with Crippen molar-refractivity contribution in [3.63, 3.8) is 0 Å². The Hall–Kier alpha value is -2.15. The fourth-order valence-electron chi connectivity index (χ4n) is 1.70. The van der Waals surface area contributed by atoms with Crippen molar-refractivity contribution in [1.29, 1.82) is 0 Å². The third kappa shape index (κ3) is 2.24. The highest BCUT2D eigenvalue weighted by Gasteiger charge is 2.11. The average molecular weight is 272 g/mol. The van der Waals surface area contributed by atoms with Crippen LogP contribution in [0.1, 0.15) is 0 Å². The van der Waals surface area contributed by atoms with Crippen LogP contribution in [0, 0.1) is 0 Å². The molecule has 2 heterocycles. The summed E-state index contributed by atoms with van der Waals surface area (Å²) in [4.78, 5) is 13.1. The molecule has 0 amide bonds. The molecule has 0 unspecified atom stereocenters. The van der Waals surface area contributed by atoms with Gasteiger partial charge in [0.15, 0.2) is 5.16 Å². The molecule has 0 radical (unpaired) electrons. The average Bonchev–Trinajstić information content (AvgIpc) is 2.84. The summed E-state index contributed by atoms with van der Waals surface area (Å²) in [6, 6.07) is 7.92. The van der Waals surface area contributed by atoms with E-state index in [1.165, 1.54) is 18.1 Å². The van der Waals surface area contributed by atoms with Crippen LogP contribution in [0.3, 0.4) is 0 Å². The minimum absolute atomic E-state index is 0.600. The molecule has 0 saturated heterocycles. The molecule has 0 aliphatic heterocycles. The summed E-state index contributed by atoms with van der Waals surface area (Å²) in [6.07, 6.45) is 1.53. The molecule has 1 N–H and O–H groups in total. The number of aromatic nitrogens is 5. The van der Waals surface area contributed by atoms with E-state index < -0.39 is 0 Å². The summed E-state index contributed by atoms with van der Waals surface area (Å²) in [6.45, 7) is 0. The second-order valence-electron chi connectivity index (χ2n) is 3.89. The Kier molecular flexibility index (Phi) is 3.04. The van der Waals surface area contributed by atoms with Crippen molar-refractivity contribution in [2.24, 2.45) is 7.05 Å². The topological polar surface area (TPSA) is 68.5 Å². The zero-order chi connectivity index (χ0) is 13.2. The van der Waals surface area contributed by atoms with Gasteiger partial charge >= 0.3 is 0 Å². The Labute approximate surface area is 114 Å². The molecule has 6 nitrogen and oxygen atoms in total. The summed E-state index contributed by atoms with van der Waals surface area (Å²) in [5.41, 5.74) is 0.909. The number of aryl methyl sites for hydroxylation is 1. The maximum Gasteiger partial charge on any atom is 0.224 e. The Morgan fingerprint density at radius 3 is 2.79 bits per heavy atom. The van der Waals surface area contributed by atoms with Gasteiger partial charge in [-0.3, -0.25) is 0 Å². The highest BCUT2D eigenvalue weighted by Crippen LogP contribution is 2.30. The number of fused-ring (bicyclic) bond motifs is 1. The molecule has 0 fully saturated rings. The number of nitrogens with one attached hydrogen (secondary N) is 1. The lowest BCUT2D eigenvalue weighted by Gasteiger charge is -2.07. The van der Waals surface area contributed by atoms with E-state index in [-0.39, 0.29) is 0 Å². The quantitative estimate of drug-likeness (QED) is 0.735. The van der Waals surface area contributed by atoms with Crippen LogP contribution >= 0.6 is 11.8 Å². The van der Waals surface area contributed by atoms with Gasteiger partial charge in [0, 0.05) is 19.5 Å². The summed E-state index contributed by atoms with van der Waals surface area (Å²) in [5, 5.41) is 9.71. The second-order valence-corrected chi connectivity index (χ2v) is 4.84. The standard InChI is InChI=1S/C12H12N6S/c1-13-11-16-9-6-4-3-5-8(9)10(17-11)19-12-14-7-15-18(12)2/h3-7H,1-2H3,(H,13,16,17). The van der Waals surface area contributed by atoms with Crippen molar-refractivity contribution in [2.75, 3.05) is 12.4 Å². The monoisotopic (exact) mass is 272 g/mol. The van der Waals surface area contributed by atoms with Crippen molar-refractivity contribution in [1.82, 2.24) is 24.7 Å². The number of benzene rings is 1. The van der Waals surface area contributed by atoms with E-state index in [4.69, 9.17) is 0 Å². The van der Waals surface area contributed by atoms with Crippen molar-refractivity contribution >= 4 is 28.6 Å². The zero-order valence-electron chi connectivity index (χ0n) is 10.5. The Morgan fingerprint density at radius 1 is 1.21 bits per heavy atom. The first-order chi connectivity index (χ1) is 9.28. The van der Waals surface area contributed by atoms with Crippen molar-refractivity contribution in [3.8, 4) is 0 Å². The van der Waals surface area contributed by atoms with E-state index in [1.807, 2.05) is 31.3 Å².